The number of aliphatic imine (C=N–C) groups is 1. The minimum Gasteiger partial charge on any atom is -0.354 e. The molecule has 0 saturated heterocycles. The molecule has 1 heterocycles. The van der Waals surface area contributed by atoms with Crippen molar-refractivity contribution in [3.8, 4) is 0 Å². The zero-order chi connectivity index (χ0) is 20.4. The molecule has 2 N–H and O–H groups in total. The summed E-state index contributed by atoms with van der Waals surface area (Å²) < 4.78 is 2.01. The molecule has 168 valence electrons. The predicted molar refractivity (Wildman–Crippen MR) is 132 cm³/mol. The Hall–Kier alpha value is -0.900. The van der Waals surface area contributed by atoms with Gasteiger partial charge >= 0.3 is 0 Å². The van der Waals surface area contributed by atoms with Crippen molar-refractivity contribution < 1.29 is 0 Å². The van der Waals surface area contributed by atoms with Gasteiger partial charge in [-0.1, -0.05) is 33.1 Å². The van der Waals surface area contributed by atoms with Crippen LogP contribution in [0.2, 0.25) is 0 Å². The van der Waals surface area contributed by atoms with Gasteiger partial charge in [-0.2, -0.15) is 0 Å². The average molecular weight is 520 g/mol. The molecule has 1 aliphatic carbocycles. The van der Waals surface area contributed by atoms with Crippen molar-refractivity contribution >= 4 is 29.9 Å². The van der Waals surface area contributed by atoms with Crippen LogP contribution in [-0.4, -0.2) is 57.3 Å². The molecule has 0 aromatic carbocycles. The molecule has 1 aliphatic rings. The van der Waals surface area contributed by atoms with E-state index in [0.717, 1.165) is 37.1 Å². The first-order chi connectivity index (χ1) is 13.5. The number of nitrogens with zero attached hydrogens (tertiary/aromatic N) is 5. The number of hydrogen-bond donors (Lipinski definition) is 2. The summed E-state index contributed by atoms with van der Waals surface area (Å²) in [6.07, 6.45) is 8.80. The molecule has 2 rings (SSSR count). The summed E-state index contributed by atoms with van der Waals surface area (Å²) >= 11 is 0. The third-order valence-corrected chi connectivity index (χ3v) is 5.90. The van der Waals surface area contributed by atoms with E-state index in [1.807, 2.05) is 18.5 Å². The smallest absolute Gasteiger partial charge is 0.192 e. The highest BCUT2D eigenvalue weighted by Gasteiger charge is 2.16. The third-order valence-electron chi connectivity index (χ3n) is 5.90. The summed E-state index contributed by atoms with van der Waals surface area (Å²) in [6.45, 7) is 12.7. The van der Waals surface area contributed by atoms with Crippen molar-refractivity contribution in [2.24, 2.45) is 12.0 Å². The monoisotopic (exact) mass is 519 g/mol. The molecule has 8 heteroatoms. The molecule has 0 bridgehead atoms. The van der Waals surface area contributed by atoms with Gasteiger partial charge in [-0.25, -0.2) is 4.99 Å². The van der Waals surface area contributed by atoms with Gasteiger partial charge in [-0.3, -0.25) is 0 Å². The fourth-order valence-electron chi connectivity index (χ4n) is 3.78. The highest BCUT2D eigenvalue weighted by Crippen LogP contribution is 2.17. The van der Waals surface area contributed by atoms with Gasteiger partial charge in [0.25, 0.3) is 0 Å². The Labute approximate surface area is 194 Å². The van der Waals surface area contributed by atoms with E-state index in [1.54, 1.807) is 0 Å². The van der Waals surface area contributed by atoms with E-state index in [1.165, 1.54) is 45.1 Å². The van der Waals surface area contributed by atoms with Gasteiger partial charge < -0.3 is 20.1 Å². The molecule has 1 aromatic rings. The van der Waals surface area contributed by atoms with E-state index >= 15 is 0 Å². The normalized spacial score (nSPS) is 16.6. The molecule has 0 amide bonds. The lowest BCUT2D eigenvalue weighted by Crippen LogP contribution is -2.47. The molecule has 1 unspecified atom stereocenters. The van der Waals surface area contributed by atoms with Crippen molar-refractivity contribution in [2.45, 2.75) is 91.3 Å². The molecular formula is C21H42IN7. The lowest BCUT2D eigenvalue weighted by Gasteiger charge is -2.27. The summed E-state index contributed by atoms with van der Waals surface area (Å²) in [5.74, 6) is 2.74. The van der Waals surface area contributed by atoms with E-state index in [4.69, 9.17) is 4.99 Å². The molecule has 0 aliphatic heterocycles. The van der Waals surface area contributed by atoms with Crippen LogP contribution in [0.4, 0.5) is 0 Å². The van der Waals surface area contributed by atoms with Crippen LogP contribution in [0.3, 0.4) is 0 Å². The van der Waals surface area contributed by atoms with Gasteiger partial charge in [0.15, 0.2) is 11.8 Å². The Morgan fingerprint density at radius 1 is 1.21 bits per heavy atom. The SMILES string of the molecule is CCN(CC)CCCC(C)NC(=NCc1nnc(C)n1C)NC1CCCCC1.I. The molecule has 0 spiro atoms. The molecule has 1 fully saturated rings. The first kappa shape index (κ1) is 26.1. The number of hydrogen-bond acceptors (Lipinski definition) is 4. The maximum atomic E-state index is 4.84. The fraction of sp³-hybridized carbons (Fsp3) is 0.857. The Balaban J connectivity index is 0.00000420. The minimum absolute atomic E-state index is 0. The van der Waals surface area contributed by atoms with Crippen molar-refractivity contribution in [1.29, 1.82) is 0 Å². The first-order valence-corrected chi connectivity index (χ1v) is 11.2. The topological polar surface area (TPSA) is 70.4 Å². The van der Waals surface area contributed by atoms with Crippen molar-refractivity contribution in [1.82, 2.24) is 30.3 Å². The van der Waals surface area contributed by atoms with E-state index in [-0.39, 0.29) is 24.0 Å². The van der Waals surface area contributed by atoms with Crippen LogP contribution < -0.4 is 10.6 Å². The van der Waals surface area contributed by atoms with E-state index in [9.17, 15) is 0 Å². The molecule has 1 saturated carbocycles. The number of nitrogens with one attached hydrogen (secondary N) is 2. The van der Waals surface area contributed by atoms with Crippen molar-refractivity contribution in [3.63, 3.8) is 0 Å². The number of aryl methyl sites for hydroxylation is 1. The Morgan fingerprint density at radius 2 is 1.90 bits per heavy atom. The zero-order valence-electron chi connectivity index (χ0n) is 19.1. The van der Waals surface area contributed by atoms with Gasteiger partial charge in [0.2, 0.25) is 0 Å². The number of rotatable bonds is 10. The van der Waals surface area contributed by atoms with Gasteiger partial charge in [0.05, 0.1) is 0 Å². The van der Waals surface area contributed by atoms with Gasteiger partial charge in [-0.05, 0) is 59.2 Å². The highest BCUT2D eigenvalue weighted by atomic mass is 127. The lowest BCUT2D eigenvalue weighted by molar-refractivity contribution is 0.292. The second-order valence-corrected chi connectivity index (χ2v) is 8.08. The average Bonchev–Trinajstić information content (AvgIpc) is 3.02. The van der Waals surface area contributed by atoms with Crippen molar-refractivity contribution in [3.05, 3.63) is 11.6 Å². The Morgan fingerprint density at radius 3 is 2.48 bits per heavy atom. The lowest BCUT2D eigenvalue weighted by atomic mass is 9.96. The van der Waals surface area contributed by atoms with Gasteiger partial charge in [0, 0.05) is 19.1 Å². The summed E-state index contributed by atoms with van der Waals surface area (Å²) in [4.78, 5) is 7.32. The molecule has 1 aromatic heterocycles. The summed E-state index contributed by atoms with van der Waals surface area (Å²) in [5.41, 5.74) is 0. The van der Waals surface area contributed by atoms with Gasteiger partial charge in [-0.15, -0.1) is 34.2 Å². The summed E-state index contributed by atoms with van der Waals surface area (Å²) in [5, 5.41) is 15.7. The van der Waals surface area contributed by atoms with E-state index in [2.05, 4.69) is 46.5 Å². The van der Waals surface area contributed by atoms with E-state index < -0.39 is 0 Å². The molecule has 7 nitrogen and oxygen atoms in total. The van der Waals surface area contributed by atoms with Crippen LogP contribution >= 0.6 is 24.0 Å². The van der Waals surface area contributed by atoms with Crippen LogP contribution in [-0.2, 0) is 13.6 Å². The van der Waals surface area contributed by atoms with Crippen LogP contribution in [0.1, 0.15) is 77.4 Å². The summed E-state index contributed by atoms with van der Waals surface area (Å²) in [7, 11) is 2.00. The first-order valence-electron chi connectivity index (χ1n) is 11.2. The standard InChI is InChI=1S/C21H41N7.HI/c1-6-28(7-2)15-11-12-17(3)23-21(24-19-13-9-8-10-14-19)22-16-20-26-25-18(4)27(20)5;/h17,19H,6-16H2,1-5H3,(H2,22,23,24);1H. The van der Waals surface area contributed by atoms with Crippen LogP contribution in [0.15, 0.2) is 4.99 Å². The van der Waals surface area contributed by atoms with Crippen molar-refractivity contribution in [2.75, 3.05) is 19.6 Å². The second-order valence-electron chi connectivity index (χ2n) is 8.08. The molecular weight excluding hydrogens is 477 g/mol. The highest BCUT2D eigenvalue weighted by molar-refractivity contribution is 14.0. The van der Waals surface area contributed by atoms with Crippen LogP contribution in [0.25, 0.3) is 0 Å². The number of guanidine groups is 1. The maximum absolute atomic E-state index is 4.84. The predicted octanol–water partition coefficient (Wildman–Crippen LogP) is 3.62. The molecule has 0 radical (unpaired) electrons. The van der Waals surface area contributed by atoms with E-state index in [0.29, 0.717) is 18.6 Å². The summed E-state index contributed by atoms with van der Waals surface area (Å²) in [6, 6.07) is 0.927. The third kappa shape index (κ3) is 9.19. The zero-order valence-corrected chi connectivity index (χ0v) is 21.4. The second kappa shape index (κ2) is 14.2. The molecule has 1 atom stereocenters. The maximum Gasteiger partial charge on any atom is 0.192 e. The number of aromatic nitrogens is 3. The molecule has 29 heavy (non-hydrogen) atoms. The fourth-order valence-corrected chi connectivity index (χ4v) is 3.78. The largest absolute Gasteiger partial charge is 0.354 e. The van der Waals surface area contributed by atoms with Crippen LogP contribution in [0.5, 0.6) is 0 Å². The Kier molecular flexibility index (Phi) is 12.8. The number of halogens is 1. The van der Waals surface area contributed by atoms with Crippen LogP contribution in [0, 0.1) is 6.92 Å². The van der Waals surface area contributed by atoms with Gasteiger partial charge in [0.1, 0.15) is 12.4 Å². The Bertz CT molecular complexity index is 592. The quantitative estimate of drug-likeness (QED) is 0.281. The minimum atomic E-state index is 0.